The number of nitrogen functional groups attached to an aromatic ring is 1. The van der Waals surface area contributed by atoms with Gasteiger partial charge >= 0.3 is 0 Å². The number of rotatable bonds is 10. The van der Waals surface area contributed by atoms with Crippen LogP contribution in [0.25, 0.3) is 0 Å². The molecule has 19 heavy (non-hydrogen) atoms. The number of aromatic amines is 1. The highest BCUT2D eigenvalue weighted by atomic mass is 16.1. The topological polar surface area (TPSA) is 83.8 Å². The van der Waals surface area contributed by atoms with Gasteiger partial charge in [0.1, 0.15) is 5.69 Å². The number of hydrogen-bond acceptors (Lipinski definition) is 4. The molecule has 0 unspecified atom stereocenters. The third-order valence-electron chi connectivity index (χ3n) is 3.21. The minimum absolute atomic E-state index is 0.169. The van der Waals surface area contributed by atoms with Crippen LogP contribution in [0.1, 0.15) is 58.3 Å². The molecule has 0 atom stereocenters. The fourth-order valence-corrected chi connectivity index (χ4v) is 2.02. The van der Waals surface area contributed by atoms with Gasteiger partial charge in [-0.3, -0.25) is 4.79 Å². The van der Waals surface area contributed by atoms with Crippen molar-refractivity contribution in [3.8, 4) is 0 Å². The lowest BCUT2D eigenvalue weighted by molar-refractivity contribution is 0.581. The maximum atomic E-state index is 11.2. The maximum Gasteiger partial charge on any atom is 0.276 e. The van der Waals surface area contributed by atoms with Crippen molar-refractivity contribution in [2.45, 2.75) is 58.3 Å². The molecule has 108 valence electrons. The third-order valence-corrected chi connectivity index (χ3v) is 3.21. The quantitative estimate of drug-likeness (QED) is 0.568. The van der Waals surface area contributed by atoms with E-state index in [1.54, 1.807) is 0 Å². The molecule has 0 bridgehead atoms. The summed E-state index contributed by atoms with van der Waals surface area (Å²) >= 11 is 0. The van der Waals surface area contributed by atoms with Crippen molar-refractivity contribution in [2.75, 3.05) is 17.6 Å². The molecule has 1 heterocycles. The van der Waals surface area contributed by atoms with Crippen molar-refractivity contribution in [2.24, 2.45) is 0 Å². The lowest BCUT2D eigenvalue weighted by Crippen LogP contribution is -2.16. The normalized spacial score (nSPS) is 10.6. The first-order valence-electron chi connectivity index (χ1n) is 7.32. The van der Waals surface area contributed by atoms with Gasteiger partial charge in [0.05, 0.1) is 6.33 Å². The molecule has 4 N–H and O–H groups in total. The fraction of sp³-hybridized carbons (Fsp3) is 0.714. The molecule has 1 rings (SSSR count). The number of unbranched alkanes of at least 4 members (excludes halogenated alkanes) is 7. The Labute approximate surface area is 115 Å². The lowest BCUT2D eigenvalue weighted by Gasteiger charge is -2.06. The van der Waals surface area contributed by atoms with E-state index in [9.17, 15) is 4.79 Å². The minimum atomic E-state index is -0.284. The maximum absolute atomic E-state index is 11.2. The summed E-state index contributed by atoms with van der Waals surface area (Å²) < 4.78 is 0. The van der Waals surface area contributed by atoms with Crippen LogP contribution in [0.3, 0.4) is 0 Å². The monoisotopic (exact) mass is 266 g/mol. The first-order valence-corrected chi connectivity index (χ1v) is 7.32. The Morgan fingerprint density at radius 2 is 1.79 bits per heavy atom. The minimum Gasteiger partial charge on any atom is -0.391 e. The molecule has 0 aliphatic carbocycles. The van der Waals surface area contributed by atoms with Crippen LogP contribution >= 0.6 is 0 Å². The van der Waals surface area contributed by atoms with E-state index in [-0.39, 0.29) is 11.2 Å². The molecule has 0 amide bonds. The standard InChI is InChI=1S/C14H26N4O/c1-2-3-4-5-6-7-8-9-10-16-13-12(15)14(19)18-11-17-13/h11H,2-10,15H2,1H3,(H2,16,17,18,19). The van der Waals surface area contributed by atoms with Gasteiger partial charge in [-0.05, 0) is 6.42 Å². The van der Waals surface area contributed by atoms with Crippen LogP contribution in [0.2, 0.25) is 0 Å². The average molecular weight is 266 g/mol. The first kappa shape index (κ1) is 15.5. The summed E-state index contributed by atoms with van der Waals surface area (Å²) in [6.07, 6.45) is 11.6. The van der Waals surface area contributed by atoms with Gasteiger partial charge in [-0.15, -0.1) is 0 Å². The van der Waals surface area contributed by atoms with Crippen LogP contribution in [0.5, 0.6) is 0 Å². The number of nitrogens with one attached hydrogen (secondary N) is 2. The SMILES string of the molecule is CCCCCCCCCCNc1nc[nH]c(=O)c1N. The summed E-state index contributed by atoms with van der Waals surface area (Å²) in [7, 11) is 0. The van der Waals surface area contributed by atoms with Gasteiger partial charge in [-0.1, -0.05) is 51.9 Å². The van der Waals surface area contributed by atoms with Gasteiger partial charge in [-0.25, -0.2) is 4.98 Å². The molecule has 0 aliphatic rings. The van der Waals surface area contributed by atoms with E-state index in [1.165, 1.54) is 51.3 Å². The molecule has 5 nitrogen and oxygen atoms in total. The Balaban J connectivity index is 2.05. The number of aromatic nitrogens is 2. The molecular formula is C14H26N4O. The van der Waals surface area contributed by atoms with E-state index >= 15 is 0 Å². The second-order valence-corrected chi connectivity index (χ2v) is 4.90. The molecule has 5 heteroatoms. The van der Waals surface area contributed by atoms with Crippen LogP contribution in [-0.2, 0) is 0 Å². The van der Waals surface area contributed by atoms with Crippen molar-refractivity contribution in [1.29, 1.82) is 0 Å². The predicted molar refractivity (Wildman–Crippen MR) is 80.4 cm³/mol. The smallest absolute Gasteiger partial charge is 0.276 e. The second kappa shape index (κ2) is 9.42. The van der Waals surface area contributed by atoms with E-state index in [2.05, 4.69) is 22.2 Å². The van der Waals surface area contributed by atoms with Crippen LogP contribution in [0.4, 0.5) is 11.5 Å². The summed E-state index contributed by atoms with van der Waals surface area (Å²) in [4.78, 5) is 17.7. The first-order chi connectivity index (χ1) is 9.25. The van der Waals surface area contributed by atoms with Gasteiger partial charge < -0.3 is 16.0 Å². The molecule has 0 fully saturated rings. The van der Waals surface area contributed by atoms with Crippen LogP contribution in [-0.4, -0.2) is 16.5 Å². The van der Waals surface area contributed by atoms with Gasteiger partial charge in [0.15, 0.2) is 5.82 Å². The van der Waals surface area contributed by atoms with E-state index < -0.39 is 0 Å². The lowest BCUT2D eigenvalue weighted by atomic mass is 10.1. The number of H-pyrrole nitrogens is 1. The molecule has 1 aromatic rings. The van der Waals surface area contributed by atoms with E-state index in [0.29, 0.717) is 5.82 Å². The van der Waals surface area contributed by atoms with Crippen molar-refractivity contribution in [1.82, 2.24) is 9.97 Å². The Hall–Kier alpha value is -1.52. The van der Waals surface area contributed by atoms with E-state index in [4.69, 9.17) is 5.73 Å². The molecule has 0 spiro atoms. The van der Waals surface area contributed by atoms with Gasteiger partial charge in [0.2, 0.25) is 0 Å². The van der Waals surface area contributed by atoms with Gasteiger partial charge in [-0.2, -0.15) is 0 Å². The molecule has 0 saturated carbocycles. The predicted octanol–water partition coefficient (Wildman–Crippen LogP) is 2.90. The summed E-state index contributed by atoms with van der Waals surface area (Å²) in [6, 6.07) is 0. The molecule has 0 aromatic carbocycles. The van der Waals surface area contributed by atoms with Crippen LogP contribution < -0.4 is 16.6 Å². The molecule has 0 saturated heterocycles. The zero-order chi connectivity index (χ0) is 13.9. The van der Waals surface area contributed by atoms with Crippen molar-refractivity contribution < 1.29 is 0 Å². The molecule has 0 radical (unpaired) electrons. The number of anilines is 2. The fourth-order valence-electron chi connectivity index (χ4n) is 2.02. The number of nitrogens with two attached hydrogens (primary N) is 1. The average Bonchev–Trinajstić information content (AvgIpc) is 2.41. The number of nitrogens with zero attached hydrogens (tertiary/aromatic N) is 1. The highest BCUT2D eigenvalue weighted by Gasteiger charge is 2.02. The van der Waals surface area contributed by atoms with Crippen molar-refractivity contribution in [3.05, 3.63) is 16.7 Å². The molecule has 1 aromatic heterocycles. The second-order valence-electron chi connectivity index (χ2n) is 4.90. The van der Waals surface area contributed by atoms with Gasteiger partial charge in [0.25, 0.3) is 5.56 Å². The summed E-state index contributed by atoms with van der Waals surface area (Å²) in [6.45, 7) is 3.05. The van der Waals surface area contributed by atoms with Crippen LogP contribution in [0.15, 0.2) is 11.1 Å². The van der Waals surface area contributed by atoms with Crippen molar-refractivity contribution >= 4 is 11.5 Å². The third kappa shape index (κ3) is 6.27. The van der Waals surface area contributed by atoms with Crippen LogP contribution in [0, 0.1) is 0 Å². The highest BCUT2D eigenvalue weighted by Crippen LogP contribution is 2.10. The Morgan fingerprint density at radius 3 is 2.47 bits per heavy atom. The molecule has 0 aliphatic heterocycles. The Bertz CT molecular complexity index is 403. The summed E-state index contributed by atoms with van der Waals surface area (Å²) in [5.41, 5.74) is 5.51. The summed E-state index contributed by atoms with van der Waals surface area (Å²) in [5, 5.41) is 3.11. The largest absolute Gasteiger partial charge is 0.391 e. The van der Waals surface area contributed by atoms with E-state index in [1.807, 2.05) is 0 Å². The van der Waals surface area contributed by atoms with Gasteiger partial charge in [0, 0.05) is 6.54 Å². The summed E-state index contributed by atoms with van der Waals surface area (Å²) in [5.74, 6) is 0.492. The highest BCUT2D eigenvalue weighted by molar-refractivity contribution is 5.58. The van der Waals surface area contributed by atoms with Crippen molar-refractivity contribution in [3.63, 3.8) is 0 Å². The zero-order valence-electron chi connectivity index (χ0n) is 11.9. The van der Waals surface area contributed by atoms with E-state index in [0.717, 1.165) is 13.0 Å². The zero-order valence-corrected chi connectivity index (χ0v) is 11.9. The Morgan fingerprint density at radius 1 is 1.16 bits per heavy atom. The Kier molecular flexibility index (Phi) is 7.70. The molecular weight excluding hydrogens is 240 g/mol. The number of hydrogen-bond donors (Lipinski definition) is 3.